The van der Waals surface area contributed by atoms with E-state index in [1.807, 2.05) is 0 Å². The molecule has 0 spiro atoms. The Bertz CT molecular complexity index is 1010. The van der Waals surface area contributed by atoms with Crippen molar-refractivity contribution >= 4 is 28.3 Å². The quantitative estimate of drug-likeness (QED) is 0.789. The summed E-state index contributed by atoms with van der Waals surface area (Å²) in [6.07, 6.45) is 0. The van der Waals surface area contributed by atoms with Crippen molar-refractivity contribution in [3.05, 3.63) is 63.5 Å². The summed E-state index contributed by atoms with van der Waals surface area (Å²) in [4.78, 5) is 24.3. The van der Waals surface area contributed by atoms with Crippen LogP contribution in [0.1, 0.15) is 10.5 Å². The number of fused-ring (bicyclic) bond motifs is 1. The molecule has 1 heterocycles. The molecule has 0 bridgehead atoms. The molecule has 0 saturated heterocycles. The number of carboxylic acid groups (broad SMARTS) is 1. The number of carbonyl (C=O) groups is 1. The minimum Gasteiger partial charge on any atom is -0.497 e. The third-order valence-corrected chi connectivity index (χ3v) is 4.17. The molecule has 0 unspecified atom stereocenters. The van der Waals surface area contributed by atoms with E-state index >= 15 is 0 Å². The number of carboxylic acids is 1. The van der Waals surface area contributed by atoms with Crippen molar-refractivity contribution in [3.63, 3.8) is 0 Å². The average Bonchev–Trinajstić information content (AvgIpc) is 2.57. The Morgan fingerprint density at radius 1 is 1.12 bits per heavy atom. The topological polar surface area (TPSA) is 68.5 Å². The van der Waals surface area contributed by atoms with Gasteiger partial charge in [-0.1, -0.05) is 23.7 Å². The van der Waals surface area contributed by atoms with Gasteiger partial charge >= 0.3 is 5.97 Å². The van der Waals surface area contributed by atoms with Gasteiger partial charge in [-0.15, -0.1) is 0 Å². The second kappa shape index (κ2) is 6.02. The van der Waals surface area contributed by atoms with Crippen LogP contribution in [0.3, 0.4) is 0 Å². The normalized spacial score (nSPS) is 10.8. The number of hydrogen-bond donors (Lipinski definition) is 1. The van der Waals surface area contributed by atoms with Crippen molar-refractivity contribution in [3.8, 4) is 16.9 Å². The number of ether oxygens (including phenoxy) is 1. The Morgan fingerprint density at radius 2 is 1.79 bits per heavy atom. The summed E-state index contributed by atoms with van der Waals surface area (Å²) >= 11 is 6.07. The van der Waals surface area contributed by atoms with E-state index < -0.39 is 5.97 Å². The third-order valence-electron chi connectivity index (χ3n) is 3.94. The highest BCUT2D eigenvalue weighted by Gasteiger charge is 2.21. The second-order valence-corrected chi connectivity index (χ2v) is 5.75. The molecule has 0 fully saturated rings. The van der Waals surface area contributed by atoms with Gasteiger partial charge in [0.05, 0.1) is 7.11 Å². The first-order valence-corrected chi connectivity index (χ1v) is 7.52. The first-order valence-electron chi connectivity index (χ1n) is 7.14. The summed E-state index contributed by atoms with van der Waals surface area (Å²) in [7, 11) is 3.01. The number of hydrogen-bond acceptors (Lipinski definition) is 3. The first-order chi connectivity index (χ1) is 11.4. The monoisotopic (exact) mass is 343 g/mol. The first kappa shape index (κ1) is 16.1. The second-order valence-electron chi connectivity index (χ2n) is 5.31. The van der Waals surface area contributed by atoms with Crippen LogP contribution in [0.4, 0.5) is 0 Å². The van der Waals surface area contributed by atoms with Crippen molar-refractivity contribution in [2.75, 3.05) is 7.11 Å². The van der Waals surface area contributed by atoms with E-state index in [-0.39, 0.29) is 11.3 Å². The van der Waals surface area contributed by atoms with Gasteiger partial charge in [0, 0.05) is 23.0 Å². The van der Waals surface area contributed by atoms with E-state index in [9.17, 15) is 14.7 Å². The smallest absolute Gasteiger partial charge is 0.353 e. The largest absolute Gasteiger partial charge is 0.497 e. The molecule has 3 rings (SSSR count). The van der Waals surface area contributed by atoms with Gasteiger partial charge in [-0.3, -0.25) is 4.79 Å². The summed E-state index contributed by atoms with van der Waals surface area (Å²) in [5.41, 5.74) is 0.650. The summed E-state index contributed by atoms with van der Waals surface area (Å²) in [6, 6.07) is 11.8. The highest BCUT2D eigenvalue weighted by molar-refractivity contribution is 6.31. The van der Waals surface area contributed by atoms with Crippen molar-refractivity contribution in [2.24, 2.45) is 7.05 Å². The molecule has 5 nitrogen and oxygen atoms in total. The standard InChI is InChI=1S/C18H14ClNO4/c1-20-16(18(22)23)15(10-3-6-12(24-2)7-4-10)14-9-11(19)5-8-13(14)17(20)21/h3-9H,1-2H3,(H,22,23). The Morgan fingerprint density at radius 3 is 2.38 bits per heavy atom. The molecule has 0 amide bonds. The molecule has 122 valence electrons. The number of halogens is 1. The van der Waals surface area contributed by atoms with Crippen molar-refractivity contribution in [1.82, 2.24) is 4.57 Å². The van der Waals surface area contributed by atoms with E-state index in [0.717, 1.165) is 4.57 Å². The van der Waals surface area contributed by atoms with Crippen molar-refractivity contribution in [1.29, 1.82) is 0 Å². The van der Waals surface area contributed by atoms with Crippen LogP contribution in [-0.4, -0.2) is 22.8 Å². The molecule has 0 aliphatic heterocycles. The Kier molecular flexibility index (Phi) is 4.03. The molecule has 0 saturated carbocycles. The molecule has 0 atom stereocenters. The van der Waals surface area contributed by atoms with E-state index in [2.05, 4.69) is 0 Å². The molecule has 1 aromatic heterocycles. The zero-order chi connectivity index (χ0) is 17.4. The van der Waals surface area contributed by atoms with Gasteiger partial charge in [0.15, 0.2) is 0 Å². The van der Waals surface area contributed by atoms with Crippen LogP contribution in [0.25, 0.3) is 21.9 Å². The fourth-order valence-electron chi connectivity index (χ4n) is 2.79. The minimum absolute atomic E-state index is 0.0834. The number of rotatable bonds is 3. The van der Waals surface area contributed by atoms with Gasteiger partial charge < -0.3 is 14.4 Å². The van der Waals surface area contributed by atoms with E-state index in [1.54, 1.807) is 49.6 Å². The molecule has 2 aromatic carbocycles. The number of benzene rings is 2. The number of pyridine rings is 1. The van der Waals surface area contributed by atoms with Crippen LogP contribution in [0.15, 0.2) is 47.3 Å². The lowest BCUT2D eigenvalue weighted by Crippen LogP contribution is -2.24. The van der Waals surface area contributed by atoms with E-state index in [0.29, 0.717) is 32.7 Å². The van der Waals surface area contributed by atoms with Crippen LogP contribution < -0.4 is 10.3 Å². The maximum Gasteiger partial charge on any atom is 0.353 e. The van der Waals surface area contributed by atoms with Gasteiger partial charge in [-0.25, -0.2) is 4.79 Å². The lowest BCUT2D eigenvalue weighted by atomic mass is 9.96. The molecule has 24 heavy (non-hydrogen) atoms. The fourth-order valence-corrected chi connectivity index (χ4v) is 2.96. The van der Waals surface area contributed by atoms with Gasteiger partial charge in [-0.2, -0.15) is 0 Å². The zero-order valence-corrected chi connectivity index (χ0v) is 13.8. The maximum absolute atomic E-state index is 12.5. The number of aromatic nitrogens is 1. The fraction of sp³-hybridized carbons (Fsp3) is 0.111. The molecule has 6 heteroatoms. The van der Waals surface area contributed by atoms with E-state index in [1.165, 1.54) is 7.05 Å². The number of aromatic carboxylic acids is 1. The Hall–Kier alpha value is -2.79. The molecule has 0 aliphatic rings. The molecular weight excluding hydrogens is 330 g/mol. The van der Waals surface area contributed by atoms with Crippen molar-refractivity contribution < 1.29 is 14.6 Å². The van der Waals surface area contributed by atoms with Crippen molar-refractivity contribution in [2.45, 2.75) is 0 Å². The van der Waals surface area contributed by atoms with Crippen LogP contribution in [0.5, 0.6) is 5.75 Å². The summed E-state index contributed by atoms with van der Waals surface area (Å²) < 4.78 is 6.29. The highest BCUT2D eigenvalue weighted by atomic mass is 35.5. The summed E-state index contributed by atoms with van der Waals surface area (Å²) in [6.45, 7) is 0. The molecular formula is C18H14ClNO4. The Balaban J connectivity index is 2.49. The van der Waals surface area contributed by atoms with Gasteiger partial charge in [0.25, 0.3) is 5.56 Å². The molecule has 0 radical (unpaired) electrons. The lowest BCUT2D eigenvalue weighted by Gasteiger charge is -2.15. The van der Waals surface area contributed by atoms with E-state index in [4.69, 9.17) is 16.3 Å². The predicted molar refractivity (Wildman–Crippen MR) is 93.1 cm³/mol. The maximum atomic E-state index is 12.5. The predicted octanol–water partition coefficient (Wildman–Crippen LogP) is 3.57. The van der Waals surface area contributed by atoms with Gasteiger partial charge in [-0.05, 0) is 41.3 Å². The third kappa shape index (κ3) is 2.53. The molecule has 3 aromatic rings. The summed E-state index contributed by atoms with van der Waals surface area (Å²) in [5, 5.41) is 11.0. The SMILES string of the molecule is COc1ccc(-c2c(C(=O)O)n(C)c(=O)c3ccc(Cl)cc23)cc1. The summed E-state index contributed by atoms with van der Waals surface area (Å²) in [5.74, 6) is -0.523. The lowest BCUT2D eigenvalue weighted by molar-refractivity contribution is 0.0686. The van der Waals surface area contributed by atoms with Gasteiger partial charge in [0.2, 0.25) is 0 Å². The molecule has 0 aliphatic carbocycles. The van der Waals surface area contributed by atoms with Crippen LogP contribution >= 0.6 is 11.6 Å². The minimum atomic E-state index is -1.18. The average molecular weight is 344 g/mol. The van der Waals surface area contributed by atoms with Crippen LogP contribution in [0.2, 0.25) is 5.02 Å². The molecule has 1 N–H and O–H groups in total. The van der Waals surface area contributed by atoms with Crippen LogP contribution in [0, 0.1) is 0 Å². The van der Waals surface area contributed by atoms with Crippen LogP contribution in [-0.2, 0) is 7.05 Å². The number of nitrogens with zero attached hydrogens (tertiary/aromatic N) is 1. The zero-order valence-electron chi connectivity index (χ0n) is 13.0. The Labute approximate surface area is 142 Å². The van der Waals surface area contributed by atoms with Gasteiger partial charge in [0.1, 0.15) is 11.4 Å². The number of methoxy groups -OCH3 is 1. The highest BCUT2D eigenvalue weighted by Crippen LogP contribution is 2.33.